The van der Waals surface area contributed by atoms with Gasteiger partial charge in [0.25, 0.3) is 0 Å². The van der Waals surface area contributed by atoms with Crippen LogP contribution in [0.4, 0.5) is 0 Å². The average Bonchev–Trinajstić information content (AvgIpc) is 2.85. The zero-order valence-corrected chi connectivity index (χ0v) is 11.2. The van der Waals surface area contributed by atoms with Crippen molar-refractivity contribution in [3.05, 3.63) is 17.1 Å². The second-order valence-electron chi connectivity index (χ2n) is 4.36. The monoisotopic (exact) mass is 275 g/mol. The lowest BCUT2D eigenvalue weighted by molar-refractivity contribution is 0.192. The summed E-state index contributed by atoms with van der Waals surface area (Å²) in [7, 11) is -3.68. The fourth-order valence-electron chi connectivity index (χ4n) is 2.15. The Morgan fingerprint density at radius 1 is 1.39 bits per heavy atom. The molecule has 1 aromatic heterocycles. The Balaban J connectivity index is 2.34. The van der Waals surface area contributed by atoms with Gasteiger partial charge in [-0.15, -0.1) is 0 Å². The molecule has 1 saturated heterocycles. The van der Waals surface area contributed by atoms with Gasteiger partial charge in [-0.25, -0.2) is 13.1 Å². The first-order valence-corrected chi connectivity index (χ1v) is 7.24. The normalized spacial score (nSPS) is 20.5. The molecule has 1 fully saturated rings. The van der Waals surface area contributed by atoms with Crippen LogP contribution >= 0.6 is 0 Å². The molecule has 1 unspecified atom stereocenters. The van der Waals surface area contributed by atoms with Gasteiger partial charge in [-0.3, -0.25) is 0 Å². The fourth-order valence-corrected chi connectivity index (χ4v) is 3.85. The van der Waals surface area contributed by atoms with E-state index in [0.717, 1.165) is 0 Å². The molecule has 1 aliphatic rings. The number of hydrogen-bond acceptors (Lipinski definition) is 5. The minimum absolute atomic E-state index is 0.0504. The molecule has 0 amide bonds. The average molecular weight is 275 g/mol. The number of aliphatic hydroxyl groups excluding tert-OH is 1. The third-order valence-electron chi connectivity index (χ3n) is 3.00. The first-order chi connectivity index (χ1) is 8.45. The molecule has 2 heterocycles. The van der Waals surface area contributed by atoms with Gasteiger partial charge >= 0.3 is 0 Å². The molecule has 2 rings (SSSR count). The number of ether oxygens (including phenoxy) is 1. The molecule has 0 bridgehead atoms. The van der Waals surface area contributed by atoms with Crippen LogP contribution in [0, 0.1) is 13.8 Å². The molecule has 0 saturated carbocycles. The van der Waals surface area contributed by atoms with Crippen molar-refractivity contribution < 1.29 is 22.7 Å². The van der Waals surface area contributed by atoms with Crippen LogP contribution in [0.25, 0.3) is 0 Å². The van der Waals surface area contributed by atoms with Crippen molar-refractivity contribution in [1.29, 1.82) is 0 Å². The first-order valence-electron chi connectivity index (χ1n) is 5.75. The number of furan rings is 1. The molecule has 102 valence electrons. The number of nitrogens with one attached hydrogen (secondary N) is 1. The van der Waals surface area contributed by atoms with Crippen LogP contribution in [-0.4, -0.2) is 32.8 Å². The van der Waals surface area contributed by atoms with Gasteiger partial charge in [0.15, 0.2) is 0 Å². The van der Waals surface area contributed by atoms with Gasteiger partial charge in [-0.2, -0.15) is 0 Å². The van der Waals surface area contributed by atoms with E-state index in [4.69, 9.17) is 9.15 Å². The zero-order valence-electron chi connectivity index (χ0n) is 10.4. The summed E-state index contributed by atoms with van der Waals surface area (Å²) < 4.78 is 37.5. The molecular weight excluding hydrogens is 258 g/mol. The summed E-state index contributed by atoms with van der Waals surface area (Å²) in [5.74, 6) is 0.723. The van der Waals surface area contributed by atoms with Crippen molar-refractivity contribution in [3.63, 3.8) is 0 Å². The quantitative estimate of drug-likeness (QED) is 0.833. The fraction of sp³-hybridized carbons (Fsp3) is 0.636. The Kier molecular flexibility index (Phi) is 3.76. The SMILES string of the molecule is Cc1oc(C)c(S(=O)(=O)NC2CCOC2)c1CO. The molecule has 1 aliphatic heterocycles. The Labute approximate surface area is 106 Å². The second-order valence-corrected chi connectivity index (χ2v) is 6.01. The van der Waals surface area contributed by atoms with E-state index in [2.05, 4.69) is 4.72 Å². The predicted octanol–water partition coefficient (Wildman–Crippen LogP) is 0.456. The van der Waals surface area contributed by atoms with Crippen LogP contribution in [0.1, 0.15) is 23.5 Å². The van der Waals surface area contributed by atoms with Crippen LogP contribution in [0.2, 0.25) is 0 Å². The lowest BCUT2D eigenvalue weighted by Crippen LogP contribution is -2.35. The van der Waals surface area contributed by atoms with Crippen molar-refractivity contribution in [1.82, 2.24) is 4.72 Å². The molecule has 2 N–H and O–H groups in total. The van der Waals surface area contributed by atoms with Crippen molar-refractivity contribution in [2.75, 3.05) is 13.2 Å². The summed E-state index contributed by atoms with van der Waals surface area (Å²) in [5.41, 5.74) is 0.318. The van der Waals surface area contributed by atoms with Crippen molar-refractivity contribution in [3.8, 4) is 0 Å². The first kappa shape index (κ1) is 13.5. The number of rotatable bonds is 4. The maximum atomic E-state index is 12.3. The smallest absolute Gasteiger partial charge is 0.244 e. The zero-order chi connectivity index (χ0) is 13.3. The van der Waals surface area contributed by atoms with Gasteiger partial charge in [0.1, 0.15) is 16.4 Å². The summed E-state index contributed by atoms with van der Waals surface area (Å²) in [6.07, 6.45) is 0.656. The molecule has 0 spiro atoms. The summed E-state index contributed by atoms with van der Waals surface area (Å²) >= 11 is 0. The van der Waals surface area contributed by atoms with Gasteiger partial charge in [-0.1, -0.05) is 0 Å². The van der Waals surface area contributed by atoms with E-state index in [9.17, 15) is 13.5 Å². The Morgan fingerprint density at radius 2 is 2.11 bits per heavy atom. The second kappa shape index (κ2) is 5.00. The summed E-state index contributed by atoms with van der Waals surface area (Å²) in [4.78, 5) is 0.0504. The number of aliphatic hydroxyl groups is 1. The highest BCUT2D eigenvalue weighted by atomic mass is 32.2. The number of aryl methyl sites for hydroxylation is 2. The standard InChI is InChI=1S/C11H17NO5S/c1-7-10(5-13)11(8(2)17-7)18(14,15)12-9-3-4-16-6-9/h9,12-13H,3-6H2,1-2H3. The molecule has 7 heteroatoms. The van der Waals surface area contributed by atoms with Crippen molar-refractivity contribution in [2.24, 2.45) is 0 Å². The third kappa shape index (κ3) is 2.44. The lowest BCUT2D eigenvalue weighted by Gasteiger charge is -2.11. The number of hydrogen-bond donors (Lipinski definition) is 2. The number of sulfonamides is 1. The molecule has 6 nitrogen and oxygen atoms in total. The summed E-state index contributed by atoms with van der Waals surface area (Å²) in [6.45, 7) is 3.79. The van der Waals surface area contributed by atoms with Gasteiger partial charge < -0.3 is 14.3 Å². The molecule has 1 atom stereocenters. The van der Waals surface area contributed by atoms with E-state index in [1.807, 2.05) is 0 Å². The van der Waals surface area contributed by atoms with E-state index < -0.39 is 10.0 Å². The molecular formula is C11H17NO5S. The highest BCUT2D eigenvalue weighted by Crippen LogP contribution is 2.27. The maximum Gasteiger partial charge on any atom is 0.244 e. The van der Waals surface area contributed by atoms with Crippen LogP contribution < -0.4 is 4.72 Å². The van der Waals surface area contributed by atoms with Crippen molar-refractivity contribution >= 4 is 10.0 Å². The maximum absolute atomic E-state index is 12.3. The Hall–Kier alpha value is -0.890. The molecule has 0 aromatic carbocycles. The van der Waals surface area contributed by atoms with E-state index in [1.165, 1.54) is 0 Å². The van der Waals surface area contributed by atoms with Crippen molar-refractivity contribution in [2.45, 2.75) is 37.8 Å². The highest BCUT2D eigenvalue weighted by Gasteiger charge is 2.30. The Morgan fingerprint density at radius 3 is 2.67 bits per heavy atom. The Bertz CT molecular complexity index is 528. The van der Waals surface area contributed by atoms with E-state index >= 15 is 0 Å². The van der Waals surface area contributed by atoms with Crippen LogP contribution in [0.3, 0.4) is 0 Å². The minimum atomic E-state index is -3.68. The third-order valence-corrected chi connectivity index (χ3v) is 4.72. The van der Waals surface area contributed by atoms with Gasteiger partial charge in [0.05, 0.1) is 13.2 Å². The topological polar surface area (TPSA) is 88.8 Å². The molecule has 1 aromatic rings. The minimum Gasteiger partial charge on any atom is -0.465 e. The van der Waals surface area contributed by atoms with E-state index in [0.29, 0.717) is 36.7 Å². The summed E-state index contributed by atoms with van der Waals surface area (Å²) in [5, 5.41) is 9.26. The molecule has 0 radical (unpaired) electrons. The van der Waals surface area contributed by atoms with Gasteiger partial charge in [-0.05, 0) is 20.3 Å². The van der Waals surface area contributed by atoms with E-state index in [1.54, 1.807) is 13.8 Å². The predicted molar refractivity (Wildman–Crippen MR) is 63.7 cm³/mol. The van der Waals surface area contributed by atoms with E-state index in [-0.39, 0.29) is 17.5 Å². The van der Waals surface area contributed by atoms with Gasteiger partial charge in [0, 0.05) is 18.2 Å². The van der Waals surface area contributed by atoms with Crippen LogP contribution in [0.15, 0.2) is 9.31 Å². The highest BCUT2D eigenvalue weighted by molar-refractivity contribution is 7.89. The molecule has 18 heavy (non-hydrogen) atoms. The summed E-state index contributed by atoms with van der Waals surface area (Å²) in [6, 6.07) is -0.212. The largest absolute Gasteiger partial charge is 0.465 e. The molecule has 0 aliphatic carbocycles. The van der Waals surface area contributed by atoms with Crippen LogP contribution in [0.5, 0.6) is 0 Å². The van der Waals surface area contributed by atoms with Crippen LogP contribution in [-0.2, 0) is 21.4 Å². The lowest BCUT2D eigenvalue weighted by atomic mass is 10.2. The van der Waals surface area contributed by atoms with Gasteiger partial charge in [0.2, 0.25) is 10.0 Å².